The first-order valence-electron chi connectivity index (χ1n) is 6.14. The maximum Gasteiger partial charge on any atom is 0.337 e. The Kier molecular flexibility index (Phi) is 4.64. The SMILES string of the molecule is CN(CCC(C)(C)C)C(=O)c1cncc(C(=O)O)c1. The van der Waals surface area contributed by atoms with Crippen LogP contribution in [-0.2, 0) is 0 Å². The van der Waals surface area contributed by atoms with Gasteiger partial charge in [0.15, 0.2) is 0 Å². The van der Waals surface area contributed by atoms with Gasteiger partial charge in [0.05, 0.1) is 11.1 Å². The highest BCUT2D eigenvalue weighted by molar-refractivity contribution is 5.96. The summed E-state index contributed by atoms with van der Waals surface area (Å²) in [5, 5.41) is 8.87. The molecule has 1 amide bonds. The van der Waals surface area contributed by atoms with Crippen LogP contribution in [0.25, 0.3) is 0 Å². The van der Waals surface area contributed by atoms with Gasteiger partial charge in [-0.1, -0.05) is 20.8 Å². The zero-order valence-corrected chi connectivity index (χ0v) is 11.8. The summed E-state index contributed by atoms with van der Waals surface area (Å²) in [4.78, 5) is 28.3. The van der Waals surface area contributed by atoms with E-state index in [1.165, 1.54) is 18.5 Å². The zero-order valence-electron chi connectivity index (χ0n) is 11.8. The number of aromatic carboxylic acids is 1. The fraction of sp³-hybridized carbons (Fsp3) is 0.500. The molecule has 1 aromatic heterocycles. The maximum atomic E-state index is 12.1. The minimum Gasteiger partial charge on any atom is -0.478 e. The normalized spacial score (nSPS) is 11.2. The van der Waals surface area contributed by atoms with E-state index in [2.05, 4.69) is 25.8 Å². The van der Waals surface area contributed by atoms with Crippen molar-refractivity contribution in [1.82, 2.24) is 9.88 Å². The van der Waals surface area contributed by atoms with Gasteiger partial charge in [0.2, 0.25) is 0 Å². The molecule has 0 aliphatic carbocycles. The van der Waals surface area contributed by atoms with Gasteiger partial charge < -0.3 is 10.0 Å². The summed E-state index contributed by atoms with van der Waals surface area (Å²) in [7, 11) is 1.71. The molecule has 0 aliphatic rings. The quantitative estimate of drug-likeness (QED) is 0.905. The second-order valence-corrected chi connectivity index (χ2v) is 5.80. The average Bonchev–Trinajstić information content (AvgIpc) is 2.34. The molecule has 0 bridgehead atoms. The van der Waals surface area contributed by atoms with Crippen LogP contribution in [0.4, 0.5) is 0 Å². The van der Waals surface area contributed by atoms with E-state index in [9.17, 15) is 9.59 Å². The lowest BCUT2D eigenvalue weighted by Gasteiger charge is -2.23. The van der Waals surface area contributed by atoms with Gasteiger partial charge in [0.1, 0.15) is 0 Å². The van der Waals surface area contributed by atoms with Crippen LogP contribution >= 0.6 is 0 Å². The van der Waals surface area contributed by atoms with Crippen LogP contribution in [0.1, 0.15) is 47.9 Å². The predicted octanol–water partition coefficient (Wildman–Crippen LogP) is 2.29. The number of hydrogen-bond acceptors (Lipinski definition) is 3. The van der Waals surface area contributed by atoms with Gasteiger partial charge in [-0.25, -0.2) is 4.79 Å². The number of carboxylic acid groups (broad SMARTS) is 1. The molecule has 0 saturated carbocycles. The first kappa shape index (κ1) is 15.1. The molecule has 0 unspecified atom stereocenters. The number of aromatic nitrogens is 1. The number of carboxylic acids is 1. The van der Waals surface area contributed by atoms with E-state index in [0.29, 0.717) is 12.1 Å². The van der Waals surface area contributed by atoms with Crippen molar-refractivity contribution in [3.8, 4) is 0 Å². The largest absolute Gasteiger partial charge is 0.478 e. The Morgan fingerprint density at radius 2 is 1.84 bits per heavy atom. The molecule has 1 heterocycles. The van der Waals surface area contributed by atoms with Crippen molar-refractivity contribution in [2.24, 2.45) is 5.41 Å². The van der Waals surface area contributed by atoms with Crippen LogP contribution in [-0.4, -0.2) is 40.5 Å². The Hall–Kier alpha value is -1.91. The number of pyridine rings is 1. The van der Waals surface area contributed by atoms with Crippen LogP contribution in [0.2, 0.25) is 0 Å². The molecule has 19 heavy (non-hydrogen) atoms. The van der Waals surface area contributed by atoms with Gasteiger partial charge in [-0.3, -0.25) is 9.78 Å². The summed E-state index contributed by atoms with van der Waals surface area (Å²) in [6.07, 6.45) is 3.50. The highest BCUT2D eigenvalue weighted by Gasteiger charge is 2.17. The van der Waals surface area contributed by atoms with Crippen molar-refractivity contribution in [3.05, 3.63) is 29.6 Å². The van der Waals surface area contributed by atoms with E-state index < -0.39 is 5.97 Å². The molecule has 1 N–H and O–H groups in total. The summed E-state index contributed by atoms with van der Waals surface area (Å²) in [6.45, 7) is 6.95. The van der Waals surface area contributed by atoms with E-state index in [-0.39, 0.29) is 16.9 Å². The molecule has 1 aromatic rings. The highest BCUT2D eigenvalue weighted by atomic mass is 16.4. The van der Waals surface area contributed by atoms with Crippen molar-refractivity contribution in [2.45, 2.75) is 27.2 Å². The lowest BCUT2D eigenvalue weighted by Crippen LogP contribution is -2.30. The summed E-state index contributed by atoms with van der Waals surface area (Å²) in [5.74, 6) is -1.29. The van der Waals surface area contributed by atoms with Gasteiger partial charge >= 0.3 is 5.97 Å². The minimum atomic E-state index is -1.08. The number of carbonyl (C=O) groups is 2. The molecule has 1 rings (SSSR count). The van der Waals surface area contributed by atoms with E-state index in [1.807, 2.05) is 0 Å². The Morgan fingerprint density at radius 3 is 2.37 bits per heavy atom. The van der Waals surface area contributed by atoms with Crippen LogP contribution in [0.3, 0.4) is 0 Å². The number of amides is 1. The van der Waals surface area contributed by atoms with Gasteiger partial charge in [0.25, 0.3) is 5.91 Å². The molecule has 0 atom stereocenters. The van der Waals surface area contributed by atoms with E-state index in [0.717, 1.165) is 6.42 Å². The second-order valence-electron chi connectivity index (χ2n) is 5.80. The molecule has 0 aliphatic heterocycles. The third-order valence-electron chi connectivity index (χ3n) is 2.78. The van der Waals surface area contributed by atoms with E-state index >= 15 is 0 Å². The molecule has 0 spiro atoms. The summed E-state index contributed by atoms with van der Waals surface area (Å²) in [6, 6.07) is 1.35. The van der Waals surface area contributed by atoms with Gasteiger partial charge in [-0.05, 0) is 17.9 Å². The van der Waals surface area contributed by atoms with Crippen molar-refractivity contribution < 1.29 is 14.7 Å². The smallest absolute Gasteiger partial charge is 0.337 e. The Bertz CT molecular complexity index is 478. The lowest BCUT2D eigenvalue weighted by atomic mass is 9.92. The van der Waals surface area contributed by atoms with Crippen LogP contribution in [0.15, 0.2) is 18.5 Å². The van der Waals surface area contributed by atoms with Crippen LogP contribution < -0.4 is 0 Å². The summed E-state index contributed by atoms with van der Waals surface area (Å²) >= 11 is 0. The number of rotatable bonds is 4. The standard InChI is InChI=1S/C14H20N2O3/c1-14(2,3)5-6-16(4)12(17)10-7-11(13(18)19)9-15-8-10/h7-9H,5-6H2,1-4H3,(H,18,19). The number of carbonyl (C=O) groups excluding carboxylic acids is 1. The Labute approximate surface area is 113 Å². The fourth-order valence-corrected chi connectivity index (χ4v) is 1.50. The Morgan fingerprint density at radius 1 is 1.26 bits per heavy atom. The highest BCUT2D eigenvalue weighted by Crippen LogP contribution is 2.19. The molecule has 5 nitrogen and oxygen atoms in total. The second kappa shape index (κ2) is 5.82. The average molecular weight is 264 g/mol. The van der Waals surface area contributed by atoms with Crippen LogP contribution in [0, 0.1) is 5.41 Å². The fourth-order valence-electron chi connectivity index (χ4n) is 1.50. The number of nitrogens with zero attached hydrogens (tertiary/aromatic N) is 2. The third kappa shape index (κ3) is 4.69. The Balaban J connectivity index is 2.77. The topological polar surface area (TPSA) is 70.5 Å². The third-order valence-corrected chi connectivity index (χ3v) is 2.78. The zero-order chi connectivity index (χ0) is 14.6. The first-order valence-corrected chi connectivity index (χ1v) is 6.14. The molecule has 0 aromatic carbocycles. The number of hydrogen-bond donors (Lipinski definition) is 1. The van der Waals surface area contributed by atoms with Gasteiger partial charge in [0, 0.05) is 26.0 Å². The molecule has 0 saturated heterocycles. The van der Waals surface area contributed by atoms with E-state index in [1.54, 1.807) is 11.9 Å². The van der Waals surface area contributed by atoms with Gasteiger partial charge in [-0.15, -0.1) is 0 Å². The monoisotopic (exact) mass is 264 g/mol. The van der Waals surface area contributed by atoms with Gasteiger partial charge in [-0.2, -0.15) is 0 Å². The molecular formula is C14H20N2O3. The molecule has 5 heteroatoms. The maximum absolute atomic E-state index is 12.1. The summed E-state index contributed by atoms with van der Waals surface area (Å²) in [5.41, 5.74) is 0.474. The van der Waals surface area contributed by atoms with Crippen LogP contribution in [0.5, 0.6) is 0 Å². The van der Waals surface area contributed by atoms with Crippen molar-refractivity contribution in [2.75, 3.05) is 13.6 Å². The lowest BCUT2D eigenvalue weighted by molar-refractivity contribution is 0.0696. The van der Waals surface area contributed by atoms with Crippen molar-refractivity contribution in [3.63, 3.8) is 0 Å². The molecule has 0 fully saturated rings. The first-order chi connectivity index (χ1) is 8.70. The van der Waals surface area contributed by atoms with Crippen molar-refractivity contribution >= 4 is 11.9 Å². The van der Waals surface area contributed by atoms with E-state index in [4.69, 9.17) is 5.11 Å². The minimum absolute atomic E-state index is 0.0232. The summed E-state index contributed by atoms with van der Waals surface area (Å²) < 4.78 is 0. The predicted molar refractivity (Wildman–Crippen MR) is 72.2 cm³/mol. The molecular weight excluding hydrogens is 244 g/mol. The van der Waals surface area contributed by atoms with Crippen molar-refractivity contribution in [1.29, 1.82) is 0 Å². The molecule has 0 radical (unpaired) electrons. The molecule has 104 valence electrons.